The Balaban J connectivity index is 2.77. The second-order valence-electron chi connectivity index (χ2n) is 5.42. The van der Waals surface area contributed by atoms with Gasteiger partial charge in [0.15, 0.2) is 29.2 Å². The van der Waals surface area contributed by atoms with Crippen molar-refractivity contribution in [1.29, 1.82) is 0 Å². The van der Waals surface area contributed by atoms with E-state index in [0.29, 0.717) is 5.89 Å². The van der Waals surface area contributed by atoms with E-state index in [9.17, 15) is 17.6 Å². The normalized spacial score (nSPS) is 11.7. The lowest BCUT2D eigenvalue weighted by molar-refractivity contribution is 0.403. The fourth-order valence-corrected chi connectivity index (χ4v) is 2.11. The molecule has 114 valence electrons. The van der Waals surface area contributed by atoms with E-state index in [4.69, 9.17) is 4.42 Å². The Bertz CT molecular complexity index is 677. The van der Waals surface area contributed by atoms with Gasteiger partial charge < -0.3 is 4.42 Å². The highest BCUT2D eigenvalue weighted by atomic mass is 19.2. The highest BCUT2D eigenvalue weighted by Crippen LogP contribution is 2.36. The monoisotopic (exact) mass is 301 g/mol. The van der Waals surface area contributed by atoms with Crippen molar-refractivity contribution in [2.45, 2.75) is 39.5 Å². The van der Waals surface area contributed by atoms with E-state index >= 15 is 0 Å². The van der Waals surface area contributed by atoms with Crippen molar-refractivity contribution >= 4 is 0 Å². The molecule has 0 radical (unpaired) electrons. The van der Waals surface area contributed by atoms with Crippen molar-refractivity contribution in [2.24, 2.45) is 0 Å². The van der Waals surface area contributed by atoms with Crippen molar-refractivity contribution in [3.63, 3.8) is 0 Å². The standard InChI is InChI=1S/C15H15F4NO/c1-6(2)9-10(8-5-21-15(20-8)7(3)4)12(17)14(19)13(18)11(9)16/h5-7H,1-4H3. The minimum Gasteiger partial charge on any atom is -0.448 e. The van der Waals surface area contributed by atoms with Crippen LogP contribution in [-0.4, -0.2) is 4.98 Å². The van der Waals surface area contributed by atoms with Crippen LogP contribution < -0.4 is 0 Å². The Kier molecular flexibility index (Phi) is 4.07. The van der Waals surface area contributed by atoms with E-state index in [-0.39, 0.29) is 17.2 Å². The molecule has 0 fully saturated rings. The molecule has 21 heavy (non-hydrogen) atoms. The van der Waals surface area contributed by atoms with Gasteiger partial charge >= 0.3 is 0 Å². The van der Waals surface area contributed by atoms with Crippen LogP contribution in [0, 0.1) is 23.3 Å². The first-order chi connectivity index (χ1) is 9.75. The summed E-state index contributed by atoms with van der Waals surface area (Å²) in [5.41, 5.74) is -0.690. The van der Waals surface area contributed by atoms with Gasteiger partial charge in [0.2, 0.25) is 0 Å². The summed E-state index contributed by atoms with van der Waals surface area (Å²) in [5.74, 6) is -6.82. The first-order valence-corrected chi connectivity index (χ1v) is 6.57. The molecule has 0 atom stereocenters. The molecule has 0 bridgehead atoms. The lowest BCUT2D eigenvalue weighted by atomic mass is 9.94. The molecule has 0 aliphatic rings. The fourth-order valence-electron chi connectivity index (χ4n) is 2.11. The molecule has 0 aliphatic carbocycles. The number of nitrogens with zero attached hydrogens (tertiary/aromatic N) is 1. The minimum absolute atomic E-state index is 0.0438. The Morgan fingerprint density at radius 3 is 1.90 bits per heavy atom. The zero-order valence-electron chi connectivity index (χ0n) is 12.1. The zero-order chi connectivity index (χ0) is 15.9. The van der Waals surface area contributed by atoms with Crippen molar-refractivity contribution in [3.05, 3.63) is 41.0 Å². The Labute approximate surface area is 119 Å². The number of hydrogen-bond acceptors (Lipinski definition) is 2. The number of aromatic nitrogens is 1. The quantitative estimate of drug-likeness (QED) is 0.445. The van der Waals surface area contributed by atoms with E-state index in [1.165, 1.54) is 0 Å². The first-order valence-electron chi connectivity index (χ1n) is 6.57. The van der Waals surface area contributed by atoms with Gasteiger partial charge in [-0.2, -0.15) is 0 Å². The van der Waals surface area contributed by atoms with Gasteiger partial charge in [-0.15, -0.1) is 0 Å². The Morgan fingerprint density at radius 1 is 0.857 bits per heavy atom. The largest absolute Gasteiger partial charge is 0.448 e. The molecule has 0 aliphatic heterocycles. The van der Waals surface area contributed by atoms with Gasteiger partial charge in [-0.25, -0.2) is 22.5 Å². The maximum atomic E-state index is 14.1. The lowest BCUT2D eigenvalue weighted by Crippen LogP contribution is -2.07. The molecular weight excluding hydrogens is 286 g/mol. The van der Waals surface area contributed by atoms with Crippen LogP contribution in [0.25, 0.3) is 11.3 Å². The number of halogens is 4. The smallest absolute Gasteiger partial charge is 0.198 e. The second-order valence-corrected chi connectivity index (χ2v) is 5.42. The summed E-state index contributed by atoms with van der Waals surface area (Å²) < 4.78 is 60.1. The molecule has 1 aromatic heterocycles. The summed E-state index contributed by atoms with van der Waals surface area (Å²) in [5, 5.41) is 0. The summed E-state index contributed by atoms with van der Waals surface area (Å²) in [6.45, 7) is 6.73. The van der Waals surface area contributed by atoms with E-state index < -0.39 is 34.8 Å². The van der Waals surface area contributed by atoms with Crippen LogP contribution in [0.1, 0.15) is 51.0 Å². The van der Waals surface area contributed by atoms with Gasteiger partial charge in [0.05, 0.1) is 0 Å². The average Bonchev–Trinajstić information content (AvgIpc) is 2.89. The molecular formula is C15H15F4NO. The van der Waals surface area contributed by atoms with E-state index in [1.54, 1.807) is 27.7 Å². The van der Waals surface area contributed by atoms with Crippen molar-refractivity contribution in [3.8, 4) is 11.3 Å². The minimum atomic E-state index is -1.85. The molecule has 1 aromatic carbocycles. The van der Waals surface area contributed by atoms with Crippen LogP contribution in [-0.2, 0) is 0 Å². The third-order valence-corrected chi connectivity index (χ3v) is 3.15. The van der Waals surface area contributed by atoms with Crippen LogP contribution in [0.5, 0.6) is 0 Å². The maximum absolute atomic E-state index is 14.1. The first kappa shape index (κ1) is 15.5. The molecule has 0 unspecified atom stereocenters. The van der Waals surface area contributed by atoms with Crippen LogP contribution in [0.2, 0.25) is 0 Å². The van der Waals surface area contributed by atoms with Gasteiger partial charge in [0, 0.05) is 17.0 Å². The number of hydrogen-bond donors (Lipinski definition) is 0. The Hall–Kier alpha value is -1.85. The van der Waals surface area contributed by atoms with Gasteiger partial charge in [-0.05, 0) is 5.92 Å². The van der Waals surface area contributed by atoms with Gasteiger partial charge in [-0.1, -0.05) is 27.7 Å². The third kappa shape index (κ3) is 2.54. The van der Waals surface area contributed by atoms with E-state index in [2.05, 4.69) is 4.98 Å². The van der Waals surface area contributed by atoms with Crippen LogP contribution in [0.3, 0.4) is 0 Å². The van der Waals surface area contributed by atoms with E-state index in [1.807, 2.05) is 0 Å². The molecule has 0 saturated heterocycles. The van der Waals surface area contributed by atoms with Gasteiger partial charge in [-0.3, -0.25) is 0 Å². The van der Waals surface area contributed by atoms with Gasteiger partial charge in [0.1, 0.15) is 12.0 Å². The molecule has 0 N–H and O–H groups in total. The topological polar surface area (TPSA) is 26.0 Å². The van der Waals surface area contributed by atoms with Crippen molar-refractivity contribution < 1.29 is 22.0 Å². The molecule has 2 rings (SSSR count). The summed E-state index contributed by atoms with van der Waals surface area (Å²) in [7, 11) is 0. The highest BCUT2D eigenvalue weighted by molar-refractivity contribution is 5.65. The van der Waals surface area contributed by atoms with Crippen LogP contribution >= 0.6 is 0 Å². The summed E-state index contributed by atoms with van der Waals surface area (Å²) in [4.78, 5) is 4.03. The lowest BCUT2D eigenvalue weighted by Gasteiger charge is -2.14. The van der Waals surface area contributed by atoms with Gasteiger partial charge in [0.25, 0.3) is 0 Å². The van der Waals surface area contributed by atoms with Crippen LogP contribution in [0.15, 0.2) is 10.7 Å². The van der Waals surface area contributed by atoms with Crippen molar-refractivity contribution in [2.75, 3.05) is 0 Å². The molecule has 1 heterocycles. The van der Waals surface area contributed by atoms with Crippen molar-refractivity contribution in [1.82, 2.24) is 4.98 Å². The summed E-state index contributed by atoms with van der Waals surface area (Å²) >= 11 is 0. The zero-order valence-corrected chi connectivity index (χ0v) is 12.1. The summed E-state index contributed by atoms with van der Waals surface area (Å²) in [6, 6.07) is 0. The molecule has 2 nitrogen and oxygen atoms in total. The second kappa shape index (κ2) is 5.50. The molecule has 6 heteroatoms. The predicted molar refractivity (Wildman–Crippen MR) is 69.9 cm³/mol. The third-order valence-electron chi connectivity index (χ3n) is 3.15. The number of benzene rings is 1. The fraction of sp³-hybridized carbons (Fsp3) is 0.400. The molecule has 0 spiro atoms. The SMILES string of the molecule is CC(C)c1nc(-c2c(F)c(F)c(F)c(F)c2C(C)C)co1. The van der Waals surface area contributed by atoms with E-state index in [0.717, 1.165) is 6.26 Å². The molecule has 0 amide bonds. The average molecular weight is 301 g/mol. The molecule has 2 aromatic rings. The Morgan fingerprint density at radius 2 is 1.43 bits per heavy atom. The predicted octanol–water partition coefficient (Wildman–Crippen LogP) is 5.14. The molecule has 0 saturated carbocycles. The summed E-state index contributed by atoms with van der Waals surface area (Å²) in [6.07, 6.45) is 1.12. The maximum Gasteiger partial charge on any atom is 0.198 e. The number of rotatable bonds is 3. The van der Waals surface area contributed by atoms with Crippen LogP contribution in [0.4, 0.5) is 17.6 Å². The highest BCUT2D eigenvalue weighted by Gasteiger charge is 2.29. The number of oxazole rings is 1.